The Labute approximate surface area is 385 Å². The monoisotopic (exact) mass is 865 g/mol. The van der Waals surface area contributed by atoms with Gasteiger partial charge in [-0.25, -0.2) is 0 Å². The lowest BCUT2D eigenvalue weighted by atomic mass is 10.0. The fourth-order valence-corrected chi connectivity index (χ4v) is 7.30. The third-order valence-electron chi connectivity index (χ3n) is 11.2. The predicted octanol–water partition coefficient (Wildman–Crippen LogP) is 17.9. The molecular weight excluding hydrogens is 765 g/mol. The zero-order chi connectivity index (χ0) is 44.9. The van der Waals surface area contributed by atoms with Crippen LogP contribution >= 0.6 is 0 Å². The zero-order valence-electron chi connectivity index (χ0n) is 41.1. The first-order valence-corrected chi connectivity index (χ1v) is 26.5. The molecule has 62 heavy (non-hydrogen) atoms. The molecule has 0 heterocycles. The maximum absolute atomic E-state index is 12.8. The minimum absolute atomic E-state index is 0.0584. The molecule has 0 radical (unpaired) electrons. The minimum Gasteiger partial charge on any atom is -0.462 e. The topological polar surface area (TPSA) is 61.8 Å². The van der Waals surface area contributed by atoms with E-state index in [4.69, 9.17) is 14.2 Å². The van der Waals surface area contributed by atoms with Crippen molar-refractivity contribution in [1.29, 1.82) is 0 Å². The summed E-state index contributed by atoms with van der Waals surface area (Å²) in [6.45, 7) is 7.65. The average molecular weight is 865 g/mol. The van der Waals surface area contributed by atoms with Crippen LogP contribution in [0.3, 0.4) is 0 Å². The summed E-state index contributed by atoms with van der Waals surface area (Å²) in [6, 6.07) is 0. The molecular formula is C57H100O5. The molecule has 1 atom stereocenters. The predicted molar refractivity (Wildman–Crippen MR) is 270 cm³/mol. The van der Waals surface area contributed by atoms with Gasteiger partial charge in [0.2, 0.25) is 0 Å². The largest absolute Gasteiger partial charge is 0.462 e. The van der Waals surface area contributed by atoms with Crippen molar-refractivity contribution in [3.8, 4) is 0 Å². The Morgan fingerprint density at radius 2 is 0.726 bits per heavy atom. The highest BCUT2D eigenvalue weighted by atomic mass is 16.6. The molecule has 0 saturated heterocycles. The highest BCUT2D eigenvalue weighted by Crippen LogP contribution is 2.15. The molecule has 0 spiro atoms. The quantitative estimate of drug-likeness (QED) is 0.0346. The number of esters is 2. The summed E-state index contributed by atoms with van der Waals surface area (Å²) in [7, 11) is 0. The first-order valence-electron chi connectivity index (χ1n) is 26.5. The van der Waals surface area contributed by atoms with Gasteiger partial charge in [0, 0.05) is 19.4 Å². The summed E-state index contributed by atoms with van der Waals surface area (Å²) in [4.78, 5) is 25.4. The smallest absolute Gasteiger partial charge is 0.306 e. The molecule has 5 heteroatoms. The van der Waals surface area contributed by atoms with Crippen LogP contribution in [0, 0.1) is 0 Å². The van der Waals surface area contributed by atoms with E-state index in [-0.39, 0.29) is 25.2 Å². The molecule has 0 amide bonds. The average Bonchev–Trinajstić information content (AvgIpc) is 3.27. The van der Waals surface area contributed by atoms with Crippen molar-refractivity contribution in [3.05, 3.63) is 72.9 Å². The lowest BCUT2D eigenvalue weighted by Crippen LogP contribution is -2.30. The van der Waals surface area contributed by atoms with E-state index in [0.29, 0.717) is 19.4 Å². The van der Waals surface area contributed by atoms with Gasteiger partial charge in [0.25, 0.3) is 0 Å². The Hall–Kier alpha value is -2.66. The summed E-state index contributed by atoms with van der Waals surface area (Å²) in [6.07, 6.45) is 67.7. The van der Waals surface area contributed by atoms with Crippen LogP contribution in [0.25, 0.3) is 0 Å². The van der Waals surface area contributed by atoms with E-state index in [1.807, 2.05) is 0 Å². The Kier molecular flexibility index (Phi) is 50.4. The molecule has 0 aliphatic carbocycles. The molecule has 0 N–H and O–H groups in total. The Balaban J connectivity index is 4.34. The van der Waals surface area contributed by atoms with Crippen LogP contribution in [0.15, 0.2) is 72.9 Å². The van der Waals surface area contributed by atoms with Crippen LogP contribution < -0.4 is 0 Å². The molecule has 0 rings (SSSR count). The number of rotatable bonds is 48. The van der Waals surface area contributed by atoms with Crippen LogP contribution in [-0.4, -0.2) is 37.9 Å². The first-order chi connectivity index (χ1) is 30.6. The lowest BCUT2D eigenvalue weighted by molar-refractivity contribution is -0.163. The summed E-state index contributed by atoms with van der Waals surface area (Å²) in [5.41, 5.74) is 0. The van der Waals surface area contributed by atoms with E-state index < -0.39 is 6.10 Å². The van der Waals surface area contributed by atoms with Crippen molar-refractivity contribution in [2.45, 2.75) is 258 Å². The molecule has 0 unspecified atom stereocenters. The van der Waals surface area contributed by atoms with Gasteiger partial charge in [-0.1, -0.05) is 222 Å². The van der Waals surface area contributed by atoms with Crippen LogP contribution in [0.5, 0.6) is 0 Å². The van der Waals surface area contributed by atoms with Gasteiger partial charge in [0.05, 0.1) is 6.61 Å². The van der Waals surface area contributed by atoms with Gasteiger partial charge >= 0.3 is 11.9 Å². The summed E-state index contributed by atoms with van der Waals surface area (Å²) in [5, 5.41) is 0. The minimum atomic E-state index is -0.561. The van der Waals surface area contributed by atoms with Gasteiger partial charge in [0.1, 0.15) is 6.61 Å². The van der Waals surface area contributed by atoms with Crippen molar-refractivity contribution >= 4 is 11.9 Å². The van der Waals surface area contributed by atoms with Crippen LogP contribution in [0.2, 0.25) is 0 Å². The maximum Gasteiger partial charge on any atom is 0.306 e. The molecule has 358 valence electrons. The molecule has 0 aliphatic rings. The number of unbranched alkanes of at least 4 members (excludes halogenated alkanes) is 25. The molecule has 0 saturated carbocycles. The van der Waals surface area contributed by atoms with Gasteiger partial charge in [-0.2, -0.15) is 0 Å². The second-order valence-electron chi connectivity index (χ2n) is 17.4. The number of carbonyl (C=O) groups excluding carboxylic acids is 2. The maximum atomic E-state index is 12.8. The lowest BCUT2D eigenvalue weighted by Gasteiger charge is -2.18. The van der Waals surface area contributed by atoms with Crippen molar-refractivity contribution in [2.24, 2.45) is 0 Å². The van der Waals surface area contributed by atoms with Gasteiger partial charge in [-0.3, -0.25) is 9.59 Å². The Bertz CT molecular complexity index is 1110. The van der Waals surface area contributed by atoms with E-state index in [1.165, 1.54) is 128 Å². The number of hydrogen-bond donors (Lipinski definition) is 0. The zero-order valence-corrected chi connectivity index (χ0v) is 41.1. The van der Waals surface area contributed by atoms with Gasteiger partial charge in [-0.05, 0) is 89.9 Å². The normalized spacial score (nSPS) is 12.8. The molecule has 0 bridgehead atoms. The number of hydrogen-bond acceptors (Lipinski definition) is 5. The number of ether oxygens (including phenoxy) is 3. The molecule has 0 aromatic heterocycles. The van der Waals surface area contributed by atoms with Crippen LogP contribution in [0.1, 0.15) is 252 Å². The highest BCUT2D eigenvalue weighted by Gasteiger charge is 2.17. The molecule has 0 aromatic carbocycles. The van der Waals surface area contributed by atoms with Crippen molar-refractivity contribution in [2.75, 3.05) is 19.8 Å². The Morgan fingerprint density at radius 3 is 1.23 bits per heavy atom. The van der Waals surface area contributed by atoms with E-state index in [2.05, 4.69) is 93.7 Å². The second-order valence-corrected chi connectivity index (χ2v) is 17.4. The highest BCUT2D eigenvalue weighted by molar-refractivity contribution is 5.70. The molecule has 0 aromatic rings. The fraction of sp³-hybridized carbons (Fsp3) is 0.754. The second kappa shape index (κ2) is 52.7. The molecule has 0 fully saturated rings. The first kappa shape index (κ1) is 59.3. The third-order valence-corrected chi connectivity index (χ3v) is 11.2. The van der Waals surface area contributed by atoms with E-state index in [1.54, 1.807) is 0 Å². The third kappa shape index (κ3) is 50.0. The summed E-state index contributed by atoms with van der Waals surface area (Å²) >= 11 is 0. The molecule has 5 nitrogen and oxygen atoms in total. The van der Waals surface area contributed by atoms with Crippen LogP contribution in [-0.2, 0) is 23.8 Å². The Morgan fingerprint density at radius 1 is 0.371 bits per heavy atom. The van der Waals surface area contributed by atoms with E-state index in [0.717, 1.165) is 89.9 Å². The summed E-state index contributed by atoms with van der Waals surface area (Å²) < 4.78 is 17.4. The molecule has 0 aliphatic heterocycles. The van der Waals surface area contributed by atoms with Crippen molar-refractivity contribution in [1.82, 2.24) is 0 Å². The van der Waals surface area contributed by atoms with Gasteiger partial charge < -0.3 is 14.2 Å². The van der Waals surface area contributed by atoms with Gasteiger partial charge in [-0.15, -0.1) is 0 Å². The standard InChI is InChI=1S/C57H100O5/c1-4-7-10-13-16-19-22-25-28-31-34-37-40-43-46-49-52-60-53-55(62-57(59)51-48-45-42-39-36-33-30-27-24-21-18-15-12-9-6-3)54-61-56(58)50-47-44-41-38-35-32-29-26-23-20-17-14-11-8-5-2/h9,12,17-18,20-21,26-27,29-30,35,38,55H,4-8,10-11,13-16,19,22-25,28,31-34,36-37,39-54H2,1-3H3/b12-9-,20-17-,21-18-,29-26-,30-27-,38-35-/t55-/m1/s1. The van der Waals surface area contributed by atoms with Crippen molar-refractivity contribution in [3.63, 3.8) is 0 Å². The van der Waals surface area contributed by atoms with E-state index in [9.17, 15) is 9.59 Å². The van der Waals surface area contributed by atoms with E-state index >= 15 is 0 Å². The number of carbonyl (C=O) groups is 2. The SMILES string of the molecule is CC/C=C\C/C=C\C/C=C\CCCCCCCC(=O)O[C@H](COCCCCCCCCCCCCCCCCCC)COC(=O)CCCC/C=C\C/C=C\C/C=C\CCCCC. The fourth-order valence-electron chi connectivity index (χ4n) is 7.30. The van der Waals surface area contributed by atoms with Gasteiger partial charge in [0.15, 0.2) is 6.10 Å². The van der Waals surface area contributed by atoms with Crippen LogP contribution in [0.4, 0.5) is 0 Å². The van der Waals surface area contributed by atoms with Crippen molar-refractivity contribution < 1.29 is 23.8 Å². The number of allylic oxidation sites excluding steroid dienone is 12. The summed E-state index contributed by atoms with van der Waals surface area (Å²) in [5.74, 6) is -0.455.